The Bertz CT molecular complexity index is 618. The number of carbonyl (C=O) groups is 1. The molecule has 5 nitrogen and oxygen atoms in total. The largest absolute Gasteiger partial charge is 0.461 e. The van der Waals surface area contributed by atoms with Crippen molar-refractivity contribution < 1.29 is 14.6 Å². The average molecular weight is 292 g/mol. The molecule has 0 saturated heterocycles. The Morgan fingerprint density at radius 3 is 2.85 bits per heavy atom. The van der Waals surface area contributed by atoms with Gasteiger partial charge in [0.05, 0.1) is 23.6 Å². The van der Waals surface area contributed by atoms with Crippen LogP contribution >= 0.6 is 11.8 Å². The minimum Gasteiger partial charge on any atom is -0.461 e. The van der Waals surface area contributed by atoms with E-state index < -0.39 is 5.97 Å². The molecule has 20 heavy (non-hydrogen) atoms. The van der Waals surface area contributed by atoms with Crippen LogP contribution < -0.4 is 0 Å². The van der Waals surface area contributed by atoms with Gasteiger partial charge in [0.1, 0.15) is 0 Å². The maximum Gasteiger partial charge on any atom is 0.360 e. The normalized spacial score (nSPS) is 12.3. The molecule has 0 bridgehead atoms. The second-order valence-electron chi connectivity index (χ2n) is 4.23. The van der Waals surface area contributed by atoms with Gasteiger partial charge in [-0.1, -0.05) is 25.1 Å². The van der Waals surface area contributed by atoms with E-state index in [4.69, 9.17) is 4.74 Å². The van der Waals surface area contributed by atoms with Gasteiger partial charge < -0.3 is 9.84 Å². The molecule has 1 aromatic carbocycles. The van der Waals surface area contributed by atoms with Gasteiger partial charge >= 0.3 is 5.97 Å². The number of aliphatic hydroxyl groups is 1. The lowest BCUT2D eigenvalue weighted by atomic mass is 10.2. The van der Waals surface area contributed by atoms with Gasteiger partial charge in [0.15, 0.2) is 5.69 Å². The lowest BCUT2D eigenvalue weighted by Crippen LogP contribution is -2.12. The Kier molecular flexibility index (Phi) is 4.92. The number of esters is 1. The number of aromatic nitrogens is 2. The zero-order valence-corrected chi connectivity index (χ0v) is 12.2. The third-order valence-corrected chi connectivity index (χ3v) is 3.87. The van der Waals surface area contributed by atoms with Crippen LogP contribution in [0.15, 0.2) is 29.2 Å². The van der Waals surface area contributed by atoms with Crippen molar-refractivity contribution in [2.24, 2.45) is 0 Å². The van der Waals surface area contributed by atoms with Crippen molar-refractivity contribution in [2.75, 3.05) is 13.2 Å². The third-order valence-electron chi connectivity index (χ3n) is 2.67. The molecule has 0 fully saturated rings. The Morgan fingerprint density at radius 1 is 1.40 bits per heavy atom. The van der Waals surface area contributed by atoms with E-state index >= 15 is 0 Å². The highest BCUT2D eigenvalue weighted by molar-refractivity contribution is 8.00. The van der Waals surface area contributed by atoms with Crippen LogP contribution in [0.5, 0.6) is 0 Å². The molecule has 2 rings (SSSR count). The van der Waals surface area contributed by atoms with Gasteiger partial charge in [0.25, 0.3) is 0 Å². The number of hydrogen-bond acceptors (Lipinski definition) is 6. The topological polar surface area (TPSA) is 72.3 Å². The number of thioether (sulfide) groups is 1. The minimum absolute atomic E-state index is 0.0174. The van der Waals surface area contributed by atoms with Crippen LogP contribution in [0.1, 0.15) is 24.3 Å². The molecule has 0 spiro atoms. The van der Waals surface area contributed by atoms with Gasteiger partial charge in [-0.15, -0.1) is 22.0 Å². The number of rotatable bonds is 5. The molecule has 0 saturated carbocycles. The first kappa shape index (κ1) is 14.7. The Morgan fingerprint density at radius 2 is 2.15 bits per heavy atom. The monoisotopic (exact) mass is 292 g/mol. The molecule has 0 radical (unpaired) electrons. The van der Waals surface area contributed by atoms with Crippen LogP contribution in [0.3, 0.4) is 0 Å². The molecule has 1 atom stereocenters. The highest BCUT2D eigenvalue weighted by Gasteiger charge is 2.20. The highest BCUT2D eigenvalue weighted by atomic mass is 32.2. The fraction of sp³-hybridized carbons (Fsp3) is 0.357. The molecule has 0 amide bonds. The molecule has 1 heterocycles. The Labute approximate surface area is 121 Å². The van der Waals surface area contributed by atoms with Gasteiger partial charge in [0.2, 0.25) is 0 Å². The van der Waals surface area contributed by atoms with Crippen molar-refractivity contribution in [3.05, 3.63) is 30.0 Å². The SMILES string of the molecule is CCOC(=O)c1nnc2ccccc2c1SC(C)CO. The smallest absolute Gasteiger partial charge is 0.360 e. The third kappa shape index (κ3) is 3.08. The first-order valence-electron chi connectivity index (χ1n) is 6.37. The lowest BCUT2D eigenvalue weighted by molar-refractivity contribution is 0.0514. The summed E-state index contributed by atoms with van der Waals surface area (Å²) in [5.41, 5.74) is 0.920. The molecule has 0 aliphatic carbocycles. The first-order valence-corrected chi connectivity index (χ1v) is 7.25. The molecular formula is C14H16N2O3S. The van der Waals surface area contributed by atoms with E-state index in [-0.39, 0.29) is 24.2 Å². The van der Waals surface area contributed by atoms with Crippen molar-refractivity contribution in [1.82, 2.24) is 10.2 Å². The summed E-state index contributed by atoms with van der Waals surface area (Å²) in [6.07, 6.45) is 0. The fourth-order valence-corrected chi connectivity index (χ4v) is 2.73. The minimum atomic E-state index is -0.488. The average Bonchev–Trinajstić information content (AvgIpc) is 2.47. The standard InChI is InChI=1S/C14H16N2O3S/c1-3-19-14(18)12-13(20-9(2)8-17)10-6-4-5-7-11(10)15-16-12/h4-7,9,17H,3,8H2,1-2H3. The van der Waals surface area contributed by atoms with E-state index in [1.165, 1.54) is 11.8 Å². The number of carbonyl (C=O) groups excluding carboxylic acids is 1. The number of nitrogens with zero attached hydrogens (tertiary/aromatic N) is 2. The maximum absolute atomic E-state index is 12.0. The summed E-state index contributed by atoms with van der Waals surface area (Å²) in [6.45, 7) is 3.93. The molecule has 0 aliphatic heterocycles. The summed E-state index contributed by atoms with van der Waals surface area (Å²) in [6, 6.07) is 7.47. The number of hydrogen-bond donors (Lipinski definition) is 1. The summed E-state index contributed by atoms with van der Waals surface area (Å²) >= 11 is 1.40. The van der Waals surface area contributed by atoms with Crippen LogP contribution in [0.2, 0.25) is 0 Å². The van der Waals surface area contributed by atoms with Crippen LogP contribution in [0, 0.1) is 0 Å². The Balaban J connectivity index is 2.55. The van der Waals surface area contributed by atoms with Crippen LogP contribution in [-0.2, 0) is 4.74 Å². The lowest BCUT2D eigenvalue weighted by Gasteiger charge is -2.13. The zero-order valence-electron chi connectivity index (χ0n) is 11.4. The summed E-state index contributed by atoms with van der Waals surface area (Å²) in [5, 5.41) is 18.1. The predicted molar refractivity (Wildman–Crippen MR) is 77.9 cm³/mol. The fourth-order valence-electron chi connectivity index (χ4n) is 1.72. The van der Waals surface area contributed by atoms with E-state index in [1.54, 1.807) is 6.92 Å². The predicted octanol–water partition coefficient (Wildman–Crippen LogP) is 2.28. The Hall–Kier alpha value is -1.66. The van der Waals surface area contributed by atoms with Gasteiger partial charge in [-0.05, 0) is 13.0 Å². The second kappa shape index (κ2) is 6.67. The molecule has 6 heteroatoms. The molecule has 2 aromatic rings. The summed E-state index contributed by atoms with van der Waals surface area (Å²) < 4.78 is 5.02. The molecule has 1 aromatic heterocycles. The van der Waals surface area contributed by atoms with Crippen LogP contribution in [0.25, 0.3) is 10.9 Å². The van der Waals surface area contributed by atoms with E-state index in [2.05, 4.69) is 10.2 Å². The van der Waals surface area contributed by atoms with Gasteiger partial charge in [-0.25, -0.2) is 4.79 Å². The number of aliphatic hydroxyl groups excluding tert-OH is 1. The van der Waals surface area contributed by atoms with Crippen molar-refractivity contribution in [2.45, 2.75) is 24.0 Å². The summed E-state index contributed by atoms with van der Waals surface area (Å²) in [7, 11) is 0. The highest BCUT2D eigenvalue weighted by Crippen LogP contribution is 2.32. The van der Waals surface area contributed by atoms with E-state index in [1.807, 2.05) is 31.2 Å². The number of benzene rings is 1. The van der Waals surface area contributed by atoms with Crippen molar-refractivity contribution in [1.29, 1.82) is 0 Å². The number of ether oxygens (including phenoxy) is 1. The summed E-state index contributed by atoms with van der Waals surface area (Å²) in [5.74, 6) is -0.488. The van der Waals surface area contributed by atoms with Crippen LogP contribution in [-0.4, -0.2) is 39.7 Å². The van der Waals surface area contributed by atoms with E-state index in [0.717, 1.165) is 5.39 Å². The van der Waals surface area contributed by atoms with Gasteiger partial charge in [-0.2, -0.15) is 0 Å². The second-order valence-corrected chi connectivity index (χ2v) is 5.68. The van der Waals surface area contributed by atoms with Crippen molar-refractivity contribution in [3.63, 3.8) is 0 Å². The number of fused-ring (bicyclic) bond motifs is 1. The summed E-state index contributed by atoms with van der Waals surface area (Å²) in [4.78, 5) is 12.7. The molecule has 1 N–H and O–H groups in total. The van der Waals surface area contributed by atoms with Crippen LogP contribution in [0.4, 0.5) is 0 Å². The van der Waals surface area contributed by atoms with Crippen molar-refractivity contribution in [3.8, 4) is 0 Å². The van der Waals surface area contributed by atoms with Crippen molar-refractivity contribution >= 4 is 28.6 Å². The maximum atomic E-state index is 12.0. The zero-order chi connectivity index (χ0) is 14.5. The molecule has 0 aliphatic rings. The van der Waals surface area contributed by atoms with E-state index in [0.29, 0.717) is 10.4 Å². The first-order chi connectivity index (χ1) is 9.67. The van der Waals surface area contributed by atoms with Gasteiger partial charge in [-0.3, -0.25) is 0 Å². The van der Waals surface area contributed by atoms with E-state index in [9.17, 15) is 9.90 Å². The molecule has 1 unspecified atom stereocenters. The molecular weight excluding hydrogens is 276 g/mol. The van der Waals surface area contributed by atoms with Gasteiger partial charge in [0, 0.05) is 10.6 Å². The molecule has 106 valence electrons. The quantitative estimate of drug-likeness (QED) is 0.673.